The molecule has 0 aliphatic carbocycles. The second-order valence-corrected chi connectivity index (χ2v) is 4.15. The molecule has 0 bridgehead atoms. The Balaban J connectivity index is 4.48. The maximum atomic E-state index is 10.9. The van der Waals surface area contributed by atoms with E-state index in [0.29, 0.717) is 11.8 Å². The Morgan fingerprint density at radius 3 is 2.07 bits per heavy atom. The van der Waals surface area contributed by atoms with Crippen molar-refractivity contribution in [1.82, 2.24) is 5.32 Å². The molecule has 0 radical (unpaired) electrons. The van der Waals surface area contributed by atoms with Crippen LogP contribution in [0, 0.1) is 11.8 Å². The van der Waals surface area contributed by atoms with Gasteiger partial charge in [0.1, 0.15) is 0 Å². The van der Waals surface area contributed by atoms with Gasteiger partial charge < -0.3 is 5.32 Å². The van der Waals surface area contributed by atoms with Crippen molar-refractivity contribution in [3.63, 3.8) is 0 Å². The Kier molecular flexibility index (Phi) is 5.93. The standard InChI is InChI=1S/C12H21NO/c1-9(2)6-7-12(8-10(3)4)13-11(5)14/h6-10H,1-5H3,(H,13,14)/b7-6-,12-8+. The minimum absolute atomic E-state index is 0.0229. The molecule has 0 saturated heterocycles. The van der Waals surface area contributed by atoms with E-state index >= 15 is 0 Å². The molecule has 80 valence electrons. The summed E-state index contributed by atoms with van der Waals surface area (Å²) in [5.74, 6) is 0.915. The number of amides is 1. The van der Waals surface area contributed by atoms with E-state index in [2.05, 4.69) is 39.1 Å². The van der Waals surface area contributed by atoms with Gasteiger partial charge in [-0.1, -0.05) is 39.8 Å². The van der Waals surface area contributed by atoms with Gasteiger partial charge in [0.25, 0.3) is 0 Å². The lowest BCUT2D eigenvalue weighted by molar-refractivity contribution is -0.118. The van der Waals surface area contributed by atoms with Gasteiger partial charge in [0.05, 0.1) is 0 Å². The number of nitrogens with one attached hydrogen (secondary N) is 1. The molecule has 1 amide bonds. The van der Waals surface area contributed by atoms with E-state index in [1.54, 1.807) is 0 Å². The molecule has 0 aliphatic heterocycles. The predicted octanol–water partition coefficient (Wildman–Crippen LogP) is 2.87. The summed E-state index contributed by atoms with van der Waals surface area (Å²) in [6.07, 6.45) is 6.08. The molecule has 1 N–H and O–H groups in total. The molecule has 0 spiro atoms. The summed E-state index contributed by atoms with van der Waals surface area (Å²) < 4.78 is 0. The van der Waals surface area contributed by atoms with Gasteiger partial charge in [0.2, 0.25) is 5.91 Å². The average Bonchev–Trinajstić information content (AvgIpc) is 1.97. The van der Waals surface area contributed by atoms with Crippen LogP contribution in [0.15, 0.2) is 23.9 Å². The summed E-state index contributed by atoms with van der Waals surface area (Å²) in [6, 6.07) is 0. The molecule has 2 heteroatoms. The van der Waals surface area contributed by atoms with Crippen molar-refractivity contribution in [2.75, 3.05) is 0 Å². The van der Waals surface area contributed by atoms with Crippen molar-refractivity contribution in [3.8, 4) is 0 Å². The Hall–Kier alpha value is -1.05. The highest BCUT2D eigenvalue weighted by molar-refractivity contribution is 5.75. The molecule has 0 atom stereocenters. The summed E-state index contributed by atoms with van der Waals surface area (Å²) in [5.41, 5.74) is 0.890. The molecule has 0 heterocycles. The van der Waals surface area contributed by atoms with E-state index in [0.717, 1.165) is 5.70 Å². The predicted molar refractivity (Wildman–Crippen MR) is 60.7 cm³/mol. The summed E-state index contributed by atoms with van der Waals surface area (Å²) in [7, 11) is 0. The van der Waals surface area contributed by atoms with E-state index in [9.17, 15) is 4.79 Å². The molecule has 0 fully saturated rings. The fraction of sp³-hybridized carbons (Fsp3) is 0.583. The molecule has 0 rings (SSSR count). The highest BCUT2D eigenvalue weighted by atomic mass is 16.1. The maximum absolute atomic E-state index is 10.9. The van der Waals surface area contributed by atoms with E-state index in [4.69, 9.17) is 0 Å². The highest BCUT2D eigenvalue weighted by Crippen LogP contribution is 2.03. The third-order valence-electron chi connectivity index (χ3n) is 1.49. The first-order valence-corrected chi connectivity index (χ1v) is 5.09. The zero-order valence-electron chi connectivity index (χ0n) is 9.79. The van der Waals surface area contributed by atoms with Gasteiger partial charge in [-0.3, -0.25) is 4.79 Å². The van der Waals surface area contributed by atoms with E-state index in [1.807, 2.05) is 12.2 Å². The average molecular weight is 195 g/mol. The topological polar surface area (TPSA) is 29.1 Å². The zero-order chi connectivity index (χ0) is 11.1. The number of hydrogen-bond donors (Lipinski definition) is 1. The van der Waals surface area contributed by atoms with Gasteiger partial charge in [0, 0.05) is 12.6 Å². The van der Waals surface area contributed by atoms with Crippen LogP contribution in [0.25, 0.3) is 0 Å². The van der Waals surface area contributed by atoms with Crippen LogP contribution < -0.4 is 5.32 Å². The quantitative estimate of drug-likeness (QED) is 0.687. The van der Waals surface area contributed by atoms with Gasteiger partial charge in [-0.25, -0.2) is 0 Å². The molecule has 2 nitrogen and oxygen atoms in total. The molecule has 0 aromatic rings. The Morgan fingerprint density at radius 2 is 1.71 bits per heavy atom. The van der Waals surface area contributed by atoms with Gasteiger partial charge >= 0.3 is 0 Å². The highest BCUT2D eigenvalue weighted by Gasteiger charge is 1.97. The molecule has 14 heavy (non-hydrogen) atoms. The number of hydrogen-bond acceptors (Lipinski definition) is 1. The Morgan fingerprint density at radius 1 is 1.14 bits per heavy atom. The van der Waals surface area contributed by atoms with Crippen LogP contribution in [0.5, 0.6) is 0 Å². The third-order valence-corrected chi connectivity index (χ3v) is 1.49. The summed E-state index contributed by atoms with van der Waals surface area (Å²) >= 11 is 0. The fourth-order valence-electron chi connectivity index (χ4n) is 0.997. The van der Waals surface area contributed by atoms with E-state index in [-0.39, 0.29) is 5.91 Å². The lowest BCUT2D eigenvalue weighted by atomic mass is 10.1. The van der Waals surface area contributed by atoms with Crippen molar-refractivity contribution in [2.45, 2.75) is 34.6 Å². The van der Waals surface area contributed by atoms with E-state index < -0.39 is 0 Å². The first-order valence-electron chi connectivity index (χ1n) is 5.09. The van der Waals surface area contributed by atoms with Crippen LogP contribution in [-0.4, -0.2) is 5.91 Å². The van der Waals surface area contributed by atoms with Crippen molar-refractivity contribution in [3.05, 3.63) is 23.9 Å². The van der Waals surface area contributed by atoms with Crippen molar-refractivity contribution in [2.24, 2.45) is 11.8 Å². The monoisotopic (exact) mass is 195 g/mol. The molecule has 0 unspecified atom stereocenters. The van der Waals surface area contributed by atoms with Gasteiger partial charge in [0.15, 0.2) is 0 Å². The van der Waals surface area contributed by atoms with Crippen LogP contribution in [0.4, 0.5) is 0 Å². The first kappa shape index (κ1) is 12.9. The van der Waals surface area contributed by atoms with Gasteiger partial charge in [-0.2, -0.15) is 0 Å². The molecule has 0 aliphatic rings. The summed E-state index contributed by atoms with van der Waals surface area (Å²) in [4.78, 5) is 10.9. The molecule has 0 aromatic heterocycles. The van der Waals surface area contributed by atoms with Crippen LogP contribution in [0.3, 0.4) is 0 Å². The van der Waals surface area contributed by atoms with Gasteiger partial charge in [-0.05, 0) is 17.9 Å². The Bertz CT molecular complexity index is 237. The second kappa shape index (κ2) is 6.41. The van der Waals surface area contributed by atoms with E-state index in [1.165, 1.54) is 6.92 Å². The summed E-state index contributed by atoms with van der Waals surface area (Å²) in [5, 5.41) is 2.80. The minimum atomic E-state index is -0.0229. The maximum Gasteiger partial charge on any atom is 0.221 e. The normalized spacial score (nSPS) is 12.9. The number of rotatable bonds is 4. The van der Waals surface area contributed by atoms with Crippen LogP contribution in [0.2, 0.25) is 0 Å². The van der Waals surface area contributed by atoms with Crippen LogP contribution in [0.1, 0.15) is 34.6 Å². The van der Waals surface area contributed by atoms with Crippen LogP contribution in [-0.2, 0) is 4.79 Å². The smallest absolute Gasteiger partial charge is 0.221 e. The molecular weight excluding hydrogens is 174 g/mol. The number of carbonyl (C=O) groups excluding carboxylic acids is 1. The fourth-order valence-corrected chi connectivity index (χ4v) is 0.997. The second-order valence-electron chi connectivity index (χ2n) is 4.15. The SMILES string of the molecule is CC(=O)NC(/C=C\C(C)C)=C/C(C)C. The number of allylic oxidation sites excluding steroid dienone is 3. The Labute approximate surface area is 87.1 Å². The van der Waals surface area contributed by atoms with Crippen molar-refractivity contribution in [1.29, 1.82) is 0 Å². The molecule has 0 aromatic carbocycles. The van der Waals surface area contributed by atoms with Crippen LogP contribution >= 0.6 is 0 Å². The lowest BCUT2D eigenvalue weighted by Gasteiger charge is -2.05. The van der Waals surface area contributed by atoms with Crippen molar-refractivity contribution >= 4 is 5.91 Å². The largest absolute Gasteiger partial charge is 0.327 e. The summed E-state index contributed by atoms with van der Waals surface area (Å²) in [6.45, 7) is 9.92. The minimum Gasteiger partial charge on any atom is -0.327 e. The zero-order valence-corrected chi connectivity index (χ0v) is 9.79. The van der Waals surface area contributed by atoms with Crippen molar-refractivity contribution < 1.29 is 4.79 Å². The first-order chi connectivity index (χ1) is 6.41. The van der Waals surface area contributed by atoms with Gasteiger partial charge in [-0.15, -0.1) is 0 Å². The molecule has 0 saturated carbocycles. The number of carbonyl (C=O) groups is 1. The lowest BCUT2D eigenvalue weighted by Crippen LogP contribution is -2.18. The third kappa shape index (κ3) is 7.59. The molecular formula is C12H21NO.